The predicted molar refractivity (Wildman–Crippen MR) is 161 cm³/mol. The summed E-state index contributed by atoms with van der Waals surface area (Å²) in [4.78, 5) is 48.4. The van der Waals surface area contributed by atoms with Gasteiger partial charge in [0.25, 0.3) is 5.56 Å². The fraction of sp³-hybridized carbons (Fsp3) is 0.750. The van der Waals surface area contributed by atoms with Crippen LogP contribution < -0.4 is 10.9 Å². The predicted octanol–water partition coefficient (Wildman–Crippen LogP) is 2.84. The van der Waals surface area contributed by atoms with Crippen molar-refractivity contribution < 1.29 is 29.2 Å². The minimum Gasteiger partial charge on any atom is -0.394 e. The SMILES string of the molecule is CC(C)N(C(C)C)[P+](O)(CCC#N)O[C@H]1[C@@H](O)[C@H](n2cnc3c(=O)[nH]c(NC(=O)CCC4CCCCC4)nc32)O[C@@H]1CO. The highest BCUT2D eigenvalue weighted by Gasteiger charge is 2.57. The average molecular weight is 623 g/mol. The number of hydrogen-bond acceptors (Lipinski definition) is 11. The summed E-state index contributed by atoms with van der Waals surface area (Å²) in [7, 11) is -3.43. The number of carbonyl (C=O) groups is 1. The Hall–Kier alpha value is -2.50. The molecular formula is C28H45N7O7P+. The lowest BCUT2D eigenvalue weighted by Gasteiger charge is -2.36. The fourth-order valence-corrected chi connectivity index (χ4v) is 9.27. The Bertz CT molecular complexity index is 1330. The van der Waals surface area contributed by atoms with Crippen LogP contribution in [0.15, 0.2) is 11.1 Å². The number of H-pyrrole nitrogens is 1. The first-order valence-electron chi connectivity index (χ1n) is 15.1. The van der Waals surface area contributed by atoms with Crippen LogP contribution in [-0.4, -0.2) is 88.4 Å². The first kappa shape index (κ1) is 33.4. The van der Waals surface area contributed by atoms with Gasteiger partial charge in [0, 0.05) is 18.5 Å². The molecule has 15 heteroatoms. The van der Waals surface area contributed by atoms with Gasteiger partial charge in [0.05, 0.1) is 25.4 Å². The molecule has 0 radical (unpaired) electrons. The van der Waals surface area contributed by atoms with Crippen molar-refractivity contribution in [3.63, 3.8) is 0 Å². The van der Waals surface area contributed by atoms with Crippen LogP contribution in [0.25, 0.3) is 11.2 Å². The maximum Gasteiger partial charge on any atom is 0.347 e. The number of anilines is 1. The van der Waals surface area contributed by atoms with Crippen molar-refractivity contribution in [2.75, 3.05) is 18.1 Å². The molecule has 1 saturated heterocycles. The van der Waals surface area contributed by atoms with Crippen LogP contribution in [0.1, 0.15) is 85.3 Å². The number of aromatic amines is 1. The van der Waals surface area contributed by atoms with Gasteiger partial charge in [-0.15, -0.1) is 4.67 Å². The lowest BCUT2D eigenvalue weighted by atomic mass is 9.86. The summed E-state index contributed by atoms with van der Waals surface area (Å²) in [6, 6.07) is 1.78. The summed E-state index contributed by atoms with van der Waals surface area (Å²) >= 11 is 0. The van der Waals surface area contributed by atoms with Gasteiger partial charge < -0.3 is 14.9 Å². The standard InChI is InChI=1S/C28H44N7O7P/c1-17(2)35(18(3)4)43(40,14-8-13-29)42-24-20(15-36)41-27(23(24)38)34-16-30-22-25(34)32-28(33-26(22)39)31-21(37)12-11-19-9-6-5-7-10-19/h16-20,23-24,27,36,38,40H,5-12,14-15H2,1-4H3,(H-,31,32,33,37,39)/p+1/t20-,23-,24-,27-,43?/m1/s1. The number of ether oxygens (including phenoxy) is 1. The molecule has 5 atom stereocenters. The van der Waals surface area contributed by atoms with Crippen LogP contribution in [0.2, 0.25) is 0 Å². The van der Waals surface area contributed by atoms with Gasteiger partial charge in [0.15, 0.2) is 23.5 Å². The number of aliphatic hydroxyl groups excluding tert-OH is 2. The van der Waals surface area contributed by atoms with Crippen molar-refractivity contribution >= 4 is 30.9 Å². The summed E-state index contributed by atoms with van der Waals surface area (Å²) in [5.41, 5.74) is -0.537. The molecule has 1 saturated carbocycles. The maximum absolute atomic E-state index is 12.8. The van der Waals surface area contributed by atoms with E-state index in [-0.39, 0.29) is 47.7 Å². The molecular weight excluding hydrogens is 577 g/mol. The highest BCUT2D eigenvalue weighted by atomic mass is 31.2. The van der Waals surface area contributed by atoms with Crippen LogP contribution in [0.3, 0.4) is 0 Å². The van der Waals surface area contributed by atoms with E-state index in [1.165, 1.54) is 30.2 Å². The normalized spacial score (nSPS) is 24.6. The van der Waals surface area contributed by atoms with E-state index in [4.69, 9.17) is 9.26 Å². The van der Waals surface area contributed by atoms with E-state index in [1.54, 1.807) is 4.67 Å². The molecule has 1 unspecified atom stereocenters. The number of carbonyl (C=O) groups excluding carboxylic acids is 1. The molecule has 2 aromatic heterocycles. The van der Waals surface area contributed by atoms with Crippen LogP contribution >= 0.6 is 7.87 Å². The van der Waals surface area contributed by atoms with E-state index in [0.29, 0.717) is 12.3 Å². The van der Waals surface area contributed by atoms with Crippen molar-refractivity contribution in [3.8, 4) is 6.07 Å². The molecule has 3 heterocycles. The molecule has 238 valence electrons. The Kier molecular flexibility index (Phi) is 11.3. The van der Waals surface area contributed by atoms with Gasteiger partial charge in [-0.1, -0.05) is 32.1 Å². The Morgan fingerprint density at radius 3 is 2.63 bits per heavy atom. The zero-order valence-electron chi connectivity index (χ0n) is 25.3. The molecule has 1 aliphatic heterocycles. The molecule has 1 aliphatic carbocycles. The molecule has 14 nitrogen and oxygen atoms in total. The number of hydrogen-bond donors (Lipinski definition) is 5. The molecule has 0 spiro atoms. The molecule has 2 aromatic rings. The van der Waals surface area contributed by atoms with E-state index in [0.717, 1.165) is 19.3 Å². The lowest BCUT2D eigenvalue weighted by Crippen LogP contribution is -2.43. The van der Waals surface area contributed by atoms with Crippen molar-refractivity contribution in [1.29, 1.82) is 5.26 Å². The third-order valence-electron chi connectivity index (χ3n) is 8.18. The smallest absolute Gasteiger partial charge is 0.347 e. The van der Waals surface area contributed by atoms with Crippen molar-refractivity contribution in [2.24, 2.45) is 5.92 Å². The minimum absolute atomic E-state index is 0.0234. The first-order valence-corrected chi connectivity index (χ1v) is 16.9. The van der Waals surface area contributed by atoms with Gasteiger partial charge in [-0.05, 0) is 40.0 Å². The summed E-state index contributed by atoms with van der Waals surface area (Å²) in [5, 5.41) is 33.5. The number of nitrogens with one attached hydrogen (secondary N) is 2. The number of amides is 1. The maximum atomic E-state index is 12.8. The summed E-state index contributed by atoms with van der Waals surface area (Å²) in [6.07, 6.45) is 3.55. The summed E-state index contributed by atoms with van der Waals surface area (Å²) in [6.45, 7) is 7.09. The quantitative estimate of drug-likeness (QED) is 0.206. The highest BCUT2D eigenvalue weighted by Crippen LogP contribution is 2.63. The topological polar surface area (TPSA) is 199 Å². The molecule has 0 bridgehead atoms. The van der Waals surface area contributed by atoms with Crippen molar-refractivity contribution in [1.82, 2.24) is 24.2 Å². The number of rotatable bonds is 13. The zero-order chi connectivity index (χ0) is 31.3. The number of nitrogens with zero attached hydrogens (tertiary/aromatic N) is 5. The van der Waals surface area contributed by atoms with Gasteiger partial charge >= 0.3 is 7.87 Å². The Balaban J connectivity index is 1.57. The van der Waals surface area contributed by atoms with Crippen LogP contribution in [0.5, 0.6) is 0 Å². The third kappa shape index (κ3) is 7.60. The molecule has 4 rings (SSSR count). The van der Waals surface area contributed by atoms with Crippen LogP contribution in [-0.2, 0) is 14.1 Å². The molecule has 43 heavy (non-hydrogen) atoms. The van der Waals surface area contributed by atoms with E-state index in [1.807, 2.05) is 27.7 Å². The number of fused-ring (bicyclic) bond motifs is 1. The van der Waals surface area contributed by atoms with Gasteiger partial charge in [-0.2, -0.15) is 14.8 Å². The van der Waals surface area contributed by atoms with E-state index >= 15 is 0 Å². The second-order valence-electron chi connectivity index (χ2n) is 12.0. The van der Waals surface area contributed by atoms with Crippen molar-refractivity contribution in [3.05, 3.63) is 16.7 Å². The minimum atomic E-state index is -3.43. The fourth-order valence-electron chi connectivity index (χ4n) is 6.33. The largest absolute Gasteiger partial charge is 0.394 e. The third-order valence-corrected chi connectivity index (χ3v) is 11.2. The Labute approximate surface area is 252 Å². The van der Waals surface area contributed by atoms with Gasteiger partial charge in [-0.3, -0.25) is 24.5 Å². The monoisotopic (exact) mass is 622 g/mol. The Morgan fingerprint density at radius 1 is 1.30 bits per heavy atom. The van der Waals surface area contributed by atoms with Gasteiger partial charge in [-0.25, -0.2) is 9.88 Å². The van der Waals surface area contributed by atoms with Crippen molar-refractivity contribution in [2.45, 2.75) is 116 Å². The highest BCUT2D eigenvalue weighted by molar-refractivity contribution is 7.63. The molecule has 2 fully saturated rings. The number of imidazole rings is 1. The number of nitriles is 1. The molecule has 0 aromatic carbocycles. The van der Waals surface area contributed by atoms with E-state index in [9.17, 15) is 30.0 Å². The second kappa shape index (κ2) is 14.5. The molecule has 1 amide bonds. The first-order chi connectivity index (χ1) is 20.5. The van der Waals surface area contributed by atoms with Crippen LogP contribution in [0, 0.1) is 17.2 Å². The van der Waals surface area contributed by atoms with E-state index in [2.05, 4.69) is 26.3 Å². The second-order valence-corrected chi connectivity index (χ2v) is 14.5. The summed E-state index contributed by atoms with van der Waals surface area (Å²) in [5.74, 6) is 0.220. The number of aliphatic hydroxyl groups is 2. The molecule has 2 aliphatic rings. The van der Waals surface area contributed by atoms with Gasteiger partial charge in [0.2, 0.25) is 11.9 Å². The van der Waals surface area contributed by atoms with Crippen LogP contribution in [0.4, 0.5) is 5.95 Å². The van der Waals surface area contributed by atoms with Gasteiger partial charge in [0.1, 0.15) is 18.4 Å². The lowest BCUT2D eigenvalue weighted by molar-refractivity contribution is -0.116. The summed E-state index contributed by atoms with van der Waals surface area (Å²) < 4.78 is 15.4. The number of aromatic nitrogens is 4. The average Bonchev–Trinajstić information content (AvgIpc) is 3.51. The zero-order valence-corrected chi connectivity index (χ0v) is 26.2. The van der Waals surface area contributed by atoms with E-state index < -0.39 is 44.6 Å². The Morgan fingerprint density at radius 2 is 2.00 bits per heavy atom. The molecule has 5 N–H and O–H groups in total.